The van der Waals surface area contributed by atoms with E-state index in [0.29, 0.717) is 37.4 Å². The van der Waals surface area contributed by atoms with Crippen LogP contribution in [0.4, 0.5) is 5.69 Å². The molecule has 0 aliphatic heterocycles. The molecule has 32 heavy (non-hydrogen) atoms. The van der Waals surface area contributed by atoms with Crippen LogP contribution in [0, 0.1) is 10.1 Å². The van der Waals surface area contributed by atoms with E-state index in [-0.39, 0.29) is 11.6 Å². The summed E-state index contributed by atoms with van der Waals surface area (Å²) in [5, 5.41) is 11.1. The number of carbonyl (C=O) groups is 1. The maximum absolute atomic E-state index is 12.5. The van der Waals surface area contributed by atoms with Crippen molar-refractivity contribution in [1.29, 1.82) is 0 Å². The lowest BCUT2D eigenvalue weighted by Gasteiger charge is -2.05. The molecule has 3 rings (SSSR count). The lowest BCUT2D eigenvalue weighted by molar-refractivity contribution is -0.384. The predicted octanol–water partition coefficient (Wildman–Crippen LogP) is 4.66. The standard InChI is InChI=1S/C22H25N3O5S2/c1-3-30-13-12-24-19-11-6-16(25(27)28)15-20(19)32-22(24)23-21(26)5-4-14-31-18-9-7-17(29-2)8-10-18/h6-11,15H,3-5,12-14H2,1-2H3. The fourth-order valence-corrected chi connectivity index (χ4v) is 4.98. The number of hydrogen-bond donors (Lipinski definition) is 0. The fourth-order valence-electron chi connectivity index (χ4n) is 3.02. The molecule has 0 aliphatic carbocycles. The van der Waals surface area contributed by atoms with Gasteiger partial charge in [0.25, 0.3) is 5.69 Å². The average Bonchev–Trinajstić information content (AvgIpc) is 3.13. The van der Waals surface area contributed by atoms with E-state index in [2.05, 4.69) is 4.99 Å². The summed E-state index contributed by atoms with van der Waals surface area (Å²) in [4.78, 5) is 29.1. The van der Waals surface area contributed by atoms with Gasteiger partial charge < -0.3 is 14.0 Å². The fraction of sp³-hybridized carbons (Fsp3) is 0.364. The first kappa shape index (κ1) is 24.0. The molecule has 2 aromatic carbocycles. The first-order valence-corrected chi connectivity index (χ1v) is 12.0. The minimum absolute atomic E-state index is 0.0177. The Morgan fingerprint density at radius 1 is 1.25 bits per heavy atom. The second kappa shape index (κ2) is 11.8. The van der Waals surface area contributed by atoms with E-state index < -0.39 is 4.92 Å². The molecule has 0 saturated heterocycles. The van der Waals surface area contributed by atoms with Crippen LogP contribution in [0.2, 0.25) is 0 Å². The van der Waals surface area contributed by atoms with Crippen LogP contribution in [0.5, 0.6) is 5.75 Å². The normalized spacial score (nSPS) is 11.8. The number of nitro groups is 1. The summed E-state index contributed by atoms with van der Waals surface area (Å²) in [5.74, 6) is 1.41. The van der Waals surface area contributed by atoms with Crippen LogP contribution in [-0.2, 0) is 16.1 Å². The Labute approximate surface area is 194 Å². The van der Waals surface area contributed by atoms with E-state index in [1.807, 2.05) is 35.8 Å². The first-order chi connectivity index (χ1) is 15.5. The number of nitro benzene ring substituents is 1. The Hall–Kier alpha value is -2.69. The topological polar surface area (TPSA) is 96.0 Å². The number of non-ortho nitro benzene ring substituents is 1. The van der Waals surface area contributed by atoms with Crippen molar-refractivity contribution in [1.82, 2.24) is 4.57 Å². The molecule has 0 N–H and O–H groups in total. The number of fused-ring (bicyclic) bond motifs is 1. The van der Waals surface area contributed by atoms with Gasteiger partial charge in [-0.05, 0) is 49.4 Å². The lowest BCUT2D eigenvalue weighted by Crippen LogP contribution is -2.19. The highest BCUT2D eigenvalue weighted by atomic mass is 32.2. The maximum atomic E-state index is 12.5. The van der Waals surface area contributed by atoms with E-state index in [4.69, 9.17) is 9.47 Å². The number of amides is 1. The highest BCUT2D eigenvalue weighted by Crippen LogP contribution is 2.24. The van der Waals surface area contributed by atoms with Crippen molar-refractivity contribution in [2.75, 3.05) is 26.1 Å². The number of thioether (sulfide) groups is 1. The maximum Gasteiger partial charge on any atom is 0.270 e. The van der Waals surface area contributed by atoms with Crippen molar-refractivity contribution in [2.24, 2.45) is 4.99 Å². The van der Waals surface area contributed by atoms with Gasteiger partial charge in [-0.2, -0.15) is 4.99 Å². The predicted molar refractivity (Wildman–Crippen MR) is 126 cm³/mol. The van der Waals surface area contributed by atoms with Gasteiger partial charge in [0.15, 0.2) is 4.80 Å². The van der Waals surface area contributed by atoms with Crippen LogP contribution in [-0.4, -0.2) is 41.5 Å². The van der Waals surface area contributed by atoms with Crippen molar-refractivity contribution in [2.45, 2.75) is 31.2 Å². The molecular weight excluding hydrogens is 450 g/mol. The zero-order valence-electron chi connectivity index (χ0n) is 18.0. The van der Waals surface area contributed by atoms with E-state index >= 15 is 0 Å². The van der Waals surface area contributed by atoms with E-state index in [1.54, 1.807) is 24.9 Å². The highest BCUT2D eigenvalue weighted by Gasteiger charge is 2.13. The van der Waals surface area contributed by atoms with Gasteiger partial charge in [0.05, 0.1) is 28.9 Å². The van der Waals surface area contributed by atoms with Gasteiger partial charge in [-0.3, -0.25) is 14.9 Å². The average molecular weight is 476 g/mol. The summed E-state index contributed by atoms with van der Waals surface area (Å²) in [5.41, 5.74) is 0.825. The summed E-state index contributed by atoms with van der Waals surface area (Å²) in [6, 6.07) is 12.5. The Morgan fingerprint density at radius 3 is 2.72 bits per heavy atom. The van der Waals surface area contributed by atoms with Gasteiger partial charge in [0.1, 0.15) is 5.75 Å². The van der Waals surface area contributed by atoms with E-state index in [1.165, 1.54) is 23.5 Å². The van der Waals surface area contributed by atoms with Crippen molar-refractivity contribution in [3.63, 3.8) is 0 Å². The minimum Gasteiger partial charge on any atom is -0.497 e. The van der Waals surface area contributed by atoms with Crippen LogP contribution in [0.15, 0.2) is 52.4 Å². The smallest absolute Gasteiger partial charge is 0.270 e. The second-order valence-corrected chi connectivity index (χ2v) is 8.95. The van der Waals surface area contributed by atoms with E-state index in [9.17, 15) is 14.9 Å². The van der Waals surface area contributed by atoms with Crippen LogP contribution < -0.4 is 9.54 Å². The zero-order chi connectivity index (χ0) is 22.9. The summed E-state index contributed by atoms with van der Waals surface area (Å²) in [6.07, 6.45) is 1.04. The summed E-state index contributed by atoms with van der Waals surface area (Å²) >= 11 is 2.96. The van der Waals surface area contributed by atoms with Crippen LogP contribution in [0.3, 0.4) is 0 Å². The Morgan fingerprint density at radius 2 is 2.03 bits per heavy atom. The Balaban J connectivity index is 1.69. The number of hydrogen-bond acceptors (Lipinski definition) is 7. The molecule has 1 heterocycles. The van der Waals surface area contributed by atoms with E-state index in [0.717, 1.165) is 26.6 Å². The monoisotopic (exact) mass is 475 g/mol. The van der Waals surface area contributed by atoms with Crippen LogP contribution >= 0.6 is 23.1 Å². The minimum atomic E-state index is -0.424. The first-order valence-electron chi connectivity index (χ1n) is 10.2. The van der Waals surface area contributed by atoms with Crippen molar-refractivity contribution >= 4 is 44.9 Å². The molecule has 0 unspecified atom stereocenters. The number of thiazole rings is 1. The molecule has 1 amide bonds. The summed E-state index contributed by atoms with van der Waals surface area (Å²) in [6.45, 7) is 3.49. The summed E-state index contributed by atoms with van der Waals surface area (Å²) < 4.78 is 13.2. The van der Waals surface area contributed by atoms with Gasteiger partial charge >= 0.3 is 0 Å². The van der Waals surface area contributed by atoms with Crippen molar-refractivity contribution in [3.05, 3.63) is 57.4 Å². The molecule has 0 radical (unpaired) electrons. The number of aromatic nitrogens is 1. The van der Waals surface area contributed by atoms with Gasteiger partial charge in [0.2, 0.25) is 5.91 Å². The highest BCUT2D eigenvalue weighted by molar-refractivity contribution is 7.99. The number of benzene rings is 2. The molecule has 0 aliphatic rings. The van der Waals surface area contributed by atoms with Crippen LogP contribution in [0.25, 0.3) is 10.2 Å². The van der Waals surface area contributed by atoms with Crippen LogP contribution in [0.1, 0.15) is 19.8 Å². The lowest BCUT2D eigenvalue weighted by atomic mass is 10.3. The molecular formula is C22H25N3O5S2. The third-order valence-electron chi connectivity index (χ3n) is 4.62. The molecule has 0 fully saturated rings. The summed E-state index contributed by atoms with van der Waals surface area (Å²) in [7, 11) is 1.63. The third-order valence-corrected chi connectivity index (χ3v) is 6.76. The molecule has 0 saturated carbocycles. The molecule has 170 valence electrons. The number of nitrogens with zero attached hydrogens (tertiary/aromatic N) is 3. The quantitative estimate of drug-likeness (QED) is 0.173. The molecule has 0 bridgehead atoms. The number of rotatable bonds is 11. The largest absolute Gasteiger partial charge is 0.497 e. The molecule has 1 aromatic heterocycles. The van der Waals surface area contributed by atoms with Gasteiger partial charge in [-0.1, -0.05) is 11.3 Å². The number of carbonyl (C=O) groups excluding carboxylic acids is 1. The van der Waals surface area contributed by atoms with Gasteiger partial charge in [0, 0.05) is 36.6 Å². The van der Waals surface area contributed by atoms with Crippen molar-refractivity contribution in [3.8, 4) is 5.75 Å². The van der Waals surface area contributed by atoms with Crippen molar-refractivity contribution < 1.29 is 19.2 Å². The Bertz CT molecular complexity index is 1140. The second-order valence-electron chi connectivity index (χ2n) is 6.78. The molecule has 0 spiro atoms. The van der Waals surface area contributed by atoms with Gasteiger partial charge in [-0.25, -0.2) is 0 Å². The molecule has 10 heteroatoms. The Kier molecular flexibility index (Phi) is 8.83. The van der Waals surface area contributed by atoms with Gasteiger partial charge in [-0.15, -0.1) is 11.8 Å². The number of methoxy groups -OCH3 is 1. The third kappa shape index (κ3) is 6.41. The number of ether oxygens (including phenoxy) is 2. The SMILES string of the molecule is CCOCCn1c(=NC(=O)CCCSc2ccc(OC)cc2)sc2cc([N+](=O)[O-])ccc21. The molecule has 8 nitrogen and oxygen atoms in total. The zero-order valence-corrected chi connectivity index (χ0v) is 19.6. The molecule has 3 aromatic rings. The molecule has 0 atom stereocenters.